The predicted octanol–water partition coefficient (Wildman–Crippen LogP) is 5.86. The third-order valence-electron chi connectivity index (χ3n) is 3.10. The zero-order valence-electron chi connectivity index (χ0n) is 10.9. The molecule has 0 aliphatic heterocycles. The van der Waals surface area contributed by atoms with Crippen LogP contribution in [0.25, 0.3) is 22.3 Å². The maximum atomic E-state index is 2.18. The van der Waals surface area contributed by atoms with Crippen LogP contribution in [0.2, 0.25) is 0 Å². The van der Waals surface area contributed by atoms with E-state index in [2.05, 4.69) is 84.9 Å². The SMILES string of the molecule is Cl.Cl.c1ccc(-c2ccccc2-c2ccccc2)cc1. The molecule has 3 rings (SSSR count). The smallest absolute Gasteiger partial charge is 0.0105 e. The Morgan fingerprint density at radius 1 is 0.350 bits per heavy atom. The highest BCUT2D eigenvalue weighted by Gasteiger charge is 2.05. The molecule has 3 aromatic rings. The Hall–Kier alpha value is -1.76. The minimum atomic E-state index is 0. The molecule has 0 aromatic heterocycles. The highest BCUT2D eigenvalue weighted by molar-refractivity contribution is 5.85. The van der Waals surface area contributed by atoms with Gasteiger partial charge in [0.25, 0.3) is 0 Å². The van der Waals surface area contributed by atoms with Crippen LogP contribution in [-0.4, -0.2) is 0 Å². The molecule has 0 fully saturated rings. The van der Waals surface area contributed by atoms with Gasteiger partial charge in [0.1, 0.15) is 0 Å². The van der Waals surface area contributed by atoms with E-state index in [1.54, 1.807) is 0 Å². The molecule has 0 aliphatic rings. The summed E-state index contributed by atoms with van der Waals surface area (Å²) >= 11 is 0. The number of rotatable bonds is 2. The van der Waals surface area contributed by atoms with Crippen molar-refractivity contribution in [2.45, 2.75) is 0 Å². The summed E-state index contributed by atoms with van der Waals surface area (Å²) in [6, 6.07) is 29.6. The molecule has 2 heteroatoms. The van der Waals surface area contributed by atoms with Crippen molar-refractivity contribution in [2.75, 3.05) is 0 Å². The van der Waals surface area contributed by atoms with Crippen LogP contribution in [0.5, 0.6) is 0 Å². The van der Waals surface area contributed by atoms with Crippen molar-refractivity contribution in [2.24, 2.45) is 0 Å². The Morgan fingerprint density at radius 2 is 0.650 bits per heavy atom. The molecular formula is C18H16Cl2. The molecule has 0 radical (unpaired) electrons. The van der Waals surface area contributed by atoms with E-state index in [-0.39, 0.29) is 24.8 Å². The van der Waals surface area contributed by atoms with Crippen molar-refractivity contribution in [1.82, 2.24) is 0 Å². The van der Waals surface area contributed by atoms with E-state index in [9.17, 15) is 0 Å². The van der Waals surface area contributed by atoms with Crippen molar-refractivity contribution in [1.29, 1.82) is 0 Å². The van der Waals surface area contributed by atoms with Gasteiger partial charge < -0.3 is 0 Å². The monoisotopic (exact) mass is 302 g/mol. The van der Waals surface area contributed by atoms with Crippen molar-refractivity contribution in [3.8, 4) is 22.3 Å². The average molecular weight is 303 g/mol. The fraction of sp³-hybridized carbons (Fsp3) is 0. The van der Waals surface area contributed by atoms with Crippen LogP contribution in [0.1, 0.15) is 0 Å². The number of benzene rings is 3. The molecule has 3 aromatic carbocycles. The second-order valence-corrected chi connectivity index (χ2v) is 4.28. The largest absolute Gasteiger partial charge is 0.147 e. The van der Waals surface area contributed by atoms with E-state index in [0.29, 0.717) is 0 Å². The molecule has 0 aliphatic carbocycles. The van der Waals surface area contributed by atoms with Gasteiger partial charge in [0.15, 0.2) is 0 Å². The highest BCUT2D eigenvalue weighted by Crippen LogP contribution is 2.31. The van der Waals surface area contributed by atoms with E-state index in [1.165, 1.54) is 22.3 Å². The van der Waals surface area contributed by atoms with E-state index < -0.39 is 0 Å². The Balaban J connectivity index is 0.000001000. The standard InChI is InChI=1S/C18H14.2ClH/c1-3-9-15(10-4-1)17-13-7-8-14-18(17)16-11-5-2-6-12-16;;/h1-14H;2*1H. The second-order valence-electron chi connectivity index (χ2n) is 4.28. The zero-order valence-corrected chi connectivity index (χ0v) is 12.5. The number of hydrogen-bond acceptors (Lipinski definition) is 0. The number of halogens is 2. The molecule has 0 unspecified atom stereocenters. The Kier molecular flexibility index (Phi) is 6.30. The van der Waals surface area contributed by atoms with Gasteiger partial charge >= 0.3 is 0 Å². The molecule has 20 heavy (non-hydrogen) atoms. The van der Waals surface area contributed by atoms with Gasteiger partial charge in [-0.05, 0) is 22.3 Å². The van der Waals surface area contributed by atoms with Crippen LogP contribution in [0.15, 0.2) is 84.9 Å². The molecule has 0 nitrogen and oxygen atoms in total. The molecule has 0 amide bonds. The highest BCUT2D eigenvalue weighted by atomic mass is 35.5. The molecule has 0 atom stereocenters. The van der Waals surface area contributed by atoms with E-state index in [0.717, 1.165) is 0 Å². The van der Waals surface area contributed by atoms with Gasteiger partial charge in [-0.1, -0.05) is 84.9 Å². The zero-order chi connectivity index (χ0) is 12.2. The molecule has 0 saturated carbocycles. The lowest BCUT2D eigenvalue weighted by atomic mass is 9.95. The van der Waals surface area contributed by atoms with Crippen LogP contribution in [0, 0.1) is 0 Å². The second kappa shape index (κ2) is 7.74. The minimum Gasteiger partial charge on any atom is -0.147 e. The van der Waals surface area contributed by atoms with Gasteiger partial charge in [0, 0.05) is 0 Å². The lowest BCUT2D eigenvalue weighted by Gasteiger charge is -2.09. The van der Waals surface area contributed by atoms with E-state index in [4.69, 9.17) is 0 Å². The first-order valence-corrected chi connectivity index (χ1v) is 6.15. The summed E-state index contributed by atoms with van der Waals surface area (Å²) in [6.45, 7) is 0. The van der Waals surface area contributed by atoms with Crippen molar-refractivity contribution in [3.05, 3.63) is 84.9 Å². The van der Waals surface area contributed by atoms with Gasteiger partial charge in [0.2, 0.25) is 0 Å². The molecule has 0 bridgehead atoms. The van der Waals surface area contributed by atoms with Crippen molar-refractivity contribution >= 4 is 24.8 Å². The quantitative estimate of drug-likeness (QED) is 0.556. The maximum Gasteiger partial charge on any atom is -0.0105 e. The topological polar surface area (TPSA) is 0 Å². The summed E-state index contributed by atoms with van der Waals surface area (Å²) in [4.78, 5) is 0. The average Bonchev–Trinajstić information content (AvgIpc) is 2.49. The molecule has 102 valence electrons. The lowest BCUT2D eigenvalue weighted by molar-refractivity contribution is 1.58. The molecule has 0 saturated heterocycles. The lowest BCUT2D eigenvalue weighted by Crippen LogP contribution is -1.83. The minimum absolute atomic E-state index is 0. The molecular weight excluding hydrogens is 287 g/mol. The third kappa shape index (κ3) is 3.41. The first-order valence-electron chi connectivity index (χ1n) is 6.15. The van der Waals surface area contributed by atoms with Gasteiger partial charge in [-0.15, -0.1) is 24.8 Å². The van der Waals surface area contributed by atoms with Crippen LogP contribution >= 0.6 is 24.8 Å². The van der Waals surface area contributed by atoms with Gasteiger partial charge in [-0.3, -0.25) is 0 Å². The van der Waals surface area contributed by atoms with Crippen molar-refractivity contribution < 1.29 is 0 Å². The van der Waals surface area contributed by atoms with Crippen LogP contribution in [0.3, 0.4) is 0 Å². The maximum absolute atomic E-state index is 2.18. The Labute approximate surface area is 132 Å². The summed E-state index contributed by atoms with van der Waals surface area (Å²) in [7, 11) is 0. The first-order chi connectivity index (χ1) is 8.95. The molecule has 0 heterocycles. The van der Waals surface area contributed by atoms with Gasteiger partial charge in [-0.2, -0.15) is 0 Å². The predicted molar refractivity (Wildman–Crippen MR) is 91.8 cm³/mol. The van der Waals surface area contributed by atoms with E-state index in [1.807, 2.05) is 0 Å². The van der Waals surface area contributed by atoms with Crippen LogP contribution in [-0.2, 0) is 0 Å². The molecule has 0 spiro atoms. The summed E-state index contributed by atoms with van der Waals surface area (Å²) in [6.07, 6.45) is 0. The Bertz CT molecular complexity index is 575. The van der Waals surface area contributed by atoms with Crippen LogP contribution < -0.4 is 0 Å². The molecule has 0 N–H and O–H groups in total. The van der Waals surface area contributed by atoms with Crippen LogP contribution in [0.4, 0.5) is 0 Å². The van der Waals surface area contributed by atoms with Crippen molar-refractivity contribution in [3.63, 3.8) is 0 Å². The Morgan fingerprint density at radius 3 is 1.00 bits per heavy atom. The summed E-state index contributed by atoms with van der Waals surface area (Å²) in [5.74, 6) is 0. The normalized spacial score (nSPS) is 9.20. The number of hydrogen-bond donors (Lipinski definition) is 0. The van der Waals surface area contributed by atoms with Gasteiger partial charge in [-0.25, -0.2) is 0 Å². The third-order valence-corrected chi connectivity index (χ3v) is 3.10. The first kappa shape index (κ1) is 16.3. The fourth-order valence-corrected chi connectivity index (χ4v) is 2.22. The van der Waals surface area contributed by atoms with E-state index >= 15 is 0 Å². The summed E-state index contributed by atoms with van der Waals surface area (Å²) in [5.41, 5.74) is 5.09. The van der Waals surface area contributed by atoms with Gasteiger partial charge in [0.05, 0.1) is 0 Å². The fourth-order valence-electron chi connectivity index (χ4n) is 2.22. The summed E-state index contributed by atoms with van der Waals surface area (Å²) < 4.78 is 0. The summed E-state index contributed by atoms with van der Waals surface area (Å²) in [5, 5.41) is 0.